The summed E-state index contributed by atoms with van der Waals surface area (Å²) in [5, 5.41) is 1.10. The van der Waals surface area contributed by atoms with Gasteiger partial charge < -0.3 is 9.64 Å². The molecule has 0 spiro atoms. The van der Waals surface area contributed by atoms with E-state index in [1.165, 1.54) is 11.8 Å². The van der Waals surface area contributed by atoms with Crippen LogP contribution < -0.4 is 4.74 Å². The lowest BCUT2D eigenvalue weighted by Gasteiger charge is -2.24. The summed E-state index contributed by atoms with van der Waals surface area (Å²) in [6, 6.07) is 14.6. The Bertz CT molecular complexity index is 1090. The minimum atomic E-state index is -3.09. The standard InChI is InChI=1S/C21H21ClN2O4S2/c1-28-18-5-3-2-4-15(18)10-20(25)23-21-24(11-14-6-8-16(22)9-7-14)17-12-30(26,27)13-19(17)29-21/h2-9,17,19H,10-13H2,1H3/t17-,19-/m1/s1. The van der Waals surface area contributed by atoms with Crippen molar-refractivity contribution in [1.82, 2.24) is 4.90 Å². The molecule has 158 valence electrons. The molecule has 9 heteroatoms. The largest absolute Gasteiger partial charge is 0.496 e. The van der Waals surface area contributed by atoms with Crippen molar-refractivity contribution in [3.8, 4) is 5.75 Å². The maximum absolute atomic E-state index is 12.7. The second kappa shape index (κ2) is 8.61. The molecule has 0 radical (unpaired) electrons. The van der Waals surface area contributed by atoms with Gasteiger partial charge in [0.1, 0.15) is 5.75 Å². The van der Waals surface area contributed by atoms with E-state index in [2.05, 4.69) is 4.99 Å². The van der Waals surface area contributed by atoms with E-state index in [1.54, 1.807) is 19.2 Å². The van der Waals surface area contributed by atoms with Gasteiger partial charge in [-0.3, -0.25) is 4.79 Å². The van der Waals surface area contributed by atoms with Gasteiger partial charge in [-0.05, 0) is 23.8 Å². The number of hydrogen-bond acceptors (Lipinski definition) is 5. The van der Waals surface area contributed by atoms with E-state index in [9.17, 15) is 13.2 Å². The minimum absolute atomic E-state index is 0.0813. The number of carbonyl (C=O) groups is 1. The first-order chi connectivity index (χ1) is 14.3. The summed E-state index contributed by atoms with van der Waals surface area (Å²) in [7, 11) is -1.52. The van der Waals surface area contributed by atoms with E-state index in [1.807, 2.05) is 41.3 Å². The van der Waals surface area contributed by atoms with Crippen LogP contribution in [0.3, 0.4) is 0 Å². The first kappa shape index (κ1) is 21.2. The highest BCUT2D eigenvalue weighted by atomic mass is 35.5. The lowest BCUT2D eigenvalue weighted by Crippen LogP contribution is -2.37. The number of methoxy groups -OCH3 is 1. The topological polar surface area (TPSA) is 76.0 Å². The Hall–Kier alpha value is -2.03. The number of ether oxygens (including phenoxy) is 1. The molecule has 2 fully saturated rings. The predicted octanol–water partition coefficient (Wildman–Crippen LogP) is 3.19. The van der Waals surface area contributed by atoms with E-state index in [4.69, 9.17) is 16.3 Å². The smallest absolute Gasteiger partial charge is 0.252 e. The second-order valence-corrected chi connectivity index (χ2v) is 11.1. The number of amides is 1. The van der Waals surface area contributed by atoms with Gasteiger partial charge in [0, 0.05) is 22.4 Å². The summed E-state index contributed by atoms with van der Waals surface area (Å²) >= 11 is 7.36. The zero-order valence-corrected chi connectivity index (χ0v) is 18.7. The third kappa shape index (κ3) is 4.66. The van der Waals surface area contributed by atoms with Gasteiger partial charge in [0.2, 0.25) is 0 Å². The van der Waals surface area contributed by atoms with Gasteiger partial charge in [-0.2, -0.15) is 4.99 Å². The third-order valence-corrected chi connectivity index (χ3v) is 8.70. The van der Waals surface area contributed by atoms with Crippen molar-refractivity contribution in [3.63, 3.8) is 0 Å². The number of carbonyl (C=O) groups excluding carboxylic acids is 1. The van der Waals surface area contributed by atoms with Crippen molar-refractivity contribution >= 4 is 44.3 Å². The molecule has 1 amide bonds. The average Bonchev–Trinajstić information content (AvgIpc) is 3.16. The molecule has 0 unspecified atom stereocenters. The number of aliphatic imine (C=N–C) groups is 1. The van der Waals surface area contributed by atoms with E-state index < -0.39 is 9.84 Å². The molecule has 4 rings (SSSR count). The lowest BCUT2D eigenvalue weighted by atomic mass is 10.1. The molecule has 0 saturated carbocycles. The Kier molecular flexibility index (Phi) is 6.09. The van der Waals surface area contributed by atoms with Crippen LogP contribution in [-0.2, 0) is 27.6 Å². The highest BCUT2D eigenvalue weighted by Gasteiger charge is 2.48. The van der Waals surface area contributed by atoms with Gasteiger partial charge in [-0.15, -0.1) is 0 Å². The van der Waals surface area contributed by atoms with Crippen LogP contribution in [-0.4, -0.2) is 54.3 Å². The second-order valence-electron chi connectivity index (χ2n) is 7.33. The van der Waals surface area contributed by atoms with Crippen LogP contribution in [0.5, 0.6) is 5.75 Å². The summed E-state index contributed by atoms with van der Waals surface area (Å²) in [4.78, 5) is 19.0. The molecule has 0 N–H and O–H groups in total. The number of rotatable bonds is 5. The maximum Gasteiger partial charge on any atom is 0.252 e. The number of para-hydroxylation sites is 1. The Morgan fingerprint density at radius 1 is 1.20 bits per heavy atom. The third-order valence-electron chi connectivity index (χ3n) is 5.20. The number of amidine groups is 1. The van der Waals surface area contributed by atoms with Crippen LogP contribution in [0.25, 0.3) is 0 Å². The average molecular weight is 465 g/mol. The van der Waals surface area contributed by atoms with Gasteiger partial charge in [0.15, 0.2) is 15.0 Å². The van der Waals surface area contributed by atoms with Crippen LogP contribution in [0.4, 0.5) is 0 Å². The van der Waals surface area contributed by atoms with Gasteiger partial charge in [-0.25, -0.2) is 8.42 Å². The number of hydrogen-bond donors (Lipinski definition) is 0. The quantitative estimate of drug-likeness (QED) is 0.676. The maximum atomic E-state index is 12.7. The molecular weight excluding hydrogens is 444 g/mol. The Labute approximate surface area is 185 Å². The fourth-order valence-corrected chi connectivity index (χ4v) is 7.86. The van der Waals surface area contributed by atoms with E-state index in [-0.39, 0.29) is 35.1 Å². The number of thioether (sulfide) groups is 1. The first-order valence-electron chi connectivity index (χ1n) is 9.46. The molecule has 2 aliphatic rings. The van der Waals surface area contributed by atoms with E-state index in [0.29, 0.717) is 22.5 Å². The van der Waals surface area contributed by atoms with Crippen molar-refractivity contribution in [2.45, 2.75) is 24.3 Å². The van der Waals surface area contributed by atoms with Crippen LogP contribution in [0.15, 0.2) is 53.5 Å². The number of sulfone groups is 1. The minimum Gasteiger partial charge on any atom is -0.496 e. The molecule has 2 atom stereocenters. The number of halogens is 1. The Morgan fingerprint density at radius 3 is 2.67 bits per heavy atom. The zero-order chi connectivity index (χ0) is 21.3. The van der Waals surface area contributed by atoms with Crippen molar-refractivity contribution in [1.29, 1.82) is 0 Å². The molecule has 2 aromatic rings. The van der Waals surface area contributed by atoms with Crippen LogP contribution >= 0.6 is 23.4 Å². The predicted molar refractivity (Wildman–Crippen MR) is 120 cm³/mol. The van der Waals surface area contributed by atoms with E-state index in [0.717, 1.165) is 11.1 Å². The van der Waals surface area contributed by atoms with Gasteiger partial charge in [-0.1, -0.05) is 53.7 Å². The molecule has 6 nitrogen and oxygen atoms in total. The number of nitrogens with zero attached hydrogens (tertiary/aromatic N) is 2. The fraction of sp³-hybridized carbons (Fsp3) is 0.333. The highest BCUT2D eigenvalue weighted by Crippen LogP contribution is 2.39. The van der Waals surface area contributed by atoms with Crippen LogP contribution in [0, 0.1) is 0 Å². The van der Waals surface area contributed by atoms with Gasteiger partial charge in [0.25, 0.3) is 5.91 Å². The van der Waals surface area contributed by atoms with Crippen LogP contribution in [0.1, 0.15) is 11.1 Å². The van der Waals surface area contributed by atoms with Crippen molar-refractivity contribution < 1.29 is 17.9 Å². The molecule has 2 saturated heterocycles. The fourth-order valence-electron chi connectivity index (χ4n) is 3.77. The van der Waals surface area contributed by atoms with E-state index >= 15 is 0 Å². The molecule has 30 heavy (non-hydrogen) atoms. The monoisotopic (exact) mass is 464 g/mol. The molecule has 0 aromatic heterocycles. The zero-order valence-electron chi connectivity index (χ0n) is 16.3. The summed E-state index contributed by atoms with van der Waals surface area (Å²) in [5.74, 6) is 0.550. The molecule has 0 bridgehead atoms. The summed E-state index contributed by atoms with van der Waals surface area (Å²) < 4.78 is 29.6. The first-order valence-corrected chi connectivity index (χ1v) is 12.5. The van der Waals surface area contributed by atoms with Crippen molar-refractivity contribution in [2.75, 3.05) is 18.6 Å². The number of fused-ring (bicyclic) bond motifs is 1. The summed E-state index contributed by atoms with van der Waals surface area (Å²) in [5.41, 5.74) is 1.75. The van der Waals surface area contributed by atoms with Gasteiger partial charge in [0.05, 0.1) is 31.1 Å². The SMILES string of the molecule is COc1ccccc1CC(=O)N=C1S[C@@H]2CS(=O)(=O)C[C@H]2N1Cc1ccc(Cl)cc1. The number of benzene rings is 2. The summed E-state index contributed by atoms with van der Waals surface area (Å²) in [6.07, 6.45) is 0.122. The van der Waals surface area contributed by atoms with Gasteiger partial charge >= 0.3 is 0 Å². The molecule has 2 heterocycles. The molecular formula is C21H21ClN2O4S2. The molecule has 2 aliphatic heterocycles. The van der Waals surface area contributed by atoms with Crippen LogP contribution in [0.2, 0.25) is 5.02 Å². The highest BCUT2D eigenvalue weighted by molar-refractivity contribution is 8.15. The Morgan fingerprint density at radius 2 is 1.93 bits per heavy atom. The van der Waals surface area contributed by atoms with Crippen molar-refractivity contribution in [3.05, 3.63) is 64.7 Å². The molecule has 0 aliphatic carbocycles. The normalized spacial score (nSPS) is 23.5. The summed E-state index contributed by atoms with van der Waals surface area (Å²) in [6.45, 7) is 0.474. The lowest BCUT2D eigenvalue weighted by molar-refractivity contribution is -0.117. The Balaban J connectivity index is 1.58. The molecule has 2 aromatic carbocycles. The van der Waals surface area contributed by atoms with Crippen molar-refractivity contribution in [2.24, 2.45) is 4.99 Å².